The van der Waals surface area contributed by atoms with E-state index in [-0.39, 0.29) is 5.54 Å². The molecule has 21 heavy (non-hydrogen) atoms. The largest absolute Gasteiger partial charge is 0.378 e. The minimum absolute atomic E-state index is 0.0706. The Labute approximate surface area is 138 Å². The van der Waals surface area contributed by atoms with Crippen LogP contribution in [0.15, 0.2) is 28.7 Å². The second-order valence-electron chi connectivity index (χ2n) is 7.24. The number of nitrogens with one attached hydrogen (secondary N) is 1. The van der Waals surface area contributed by atoms with Gasteiger partial charge in [0.15, 0.2) is 0 Å². The number of anilines is 1. The van der Waals surface area contributed by atoms with Crippen LogP contribution in [0.25, 0.3) is 0 Å². The Kier molecular flexibility index (Phi) is 5.37. The number of benzene rings is 1. The van der Waals surface area contributed by atoms with E-state index in [1.165, 1.54) is 37.8 Å². The molecule has 0 aliphatic heterocycles. The quantitative estimate of drug-likeness (QED) is 0.765. The maximum Gasteiger partial charge on any atom is 0.0495 e. The minimum Gasteiger partial charge on any atom is -0.378 e. The zero-order valence-electron chi connectivity index (χ0n) is 13.6. The third-order valence-electron chi connectivity index (χ3n) is 5.58. The monoisotopic (exact) mass is 352 g/mol. The summed E-state index contributed by atoms with van der Waals surface area (Å²) in [4.78, 5) is 0. The fourth-order valence-electron chi connectivity index (χ4n) is 3.49. The van der Waals surface area contributed by atoms with Crippen LogP contribution in [-0.4, -0.2) is 12.1 Å². The Morgan fingerprint density at radius 2 is 2.00 bits per heavy atom. The SMILES string of the molecule is CCC(C)(C)C1CCC(CN)(Nc2cccc(Br)c2)CC1. The van der Waals surface area contributed by atoms with Gasteiger partial charge in [-0.1, -0.05) is 49.2 Å². The van der Waals surface area contributed by atoms with Gasteiger partial charge in [-0.2, -0.15) is 0 Å². The molecular weight excluding hydrogens is 324 g/mol. The van der Waals surface area contributed by atoms with Crippen LogP contribution in [0.2, 0.25) is 0 Å². The van der Waals surface area contributed by atoms with E-state index in [0.29, 0.717) is 12.0 Å². The molecule has 3 N–H and O–H groups in total. The lowest BCUT2D eigenvalue weighted by Gasteiger charge is -2.45. The zero-order valence-corrected chi connectivity index (χ0v) is 15.2. The van der Waals surface area contributed by atoms with Gasteiger partial charge in [0, 0.05) is 22.2 Å². The first-order valence-corrected chi connectivity index (χ1v) is 8.94. The Morgan fingerprint density at radius 1 is 1.33 bits per heavy atom. The van der Waals surface area contributed by atoms with Gasteiger partial charge in [-0.05, 0) is 55.2 Å². The van der Waals surface area contributed by atoms with Crippen LogP contribution in [0.3, 0.4) is 0 Å². The molecule has 1 saturated carbocycles. The first-order valence-electron chi connectivity index (χ1n) is 8.15. The molecule has 0 atom stereocenters. The van der Waals surface area contributed by atoms with Crippen molar-refractivity contribution in [2.75, 3.05) is 11.9 Å². The van der Waals surface area contributed by atoms with Gasteiger partial charge in [0.1, 0.15) is 0 Å². The number of hydrogen-bond donors (Lipinski definition) is 2. The molecular formula is C18H29BrN2. The summed E-state index contributed by atoms with van der Waals surface area (Å²) >= 11 is 3.54. The van der Waals surface area contributed by atoms with Crippen LogP contribution in [0.1, 0.15) is 52.9 Å². The van der Waals surface area contributed by atoms with Crippen LogP contribution in [0, 0.1) is 11.3 Å². The summed E-state index contributed by atoms with van der Waals surface area (Å²) in [5.41, 5.74) is 7.83. The molecule has 0 spiro atoms. The number of rotatable bonds is 5. The van der Waals surface area contributed by atoms with Crippen molar-refractivity contribution in [1.82, 2.24) is 0 Å². The van der Waals surface area contributed by atoms with Gasteiger partial charge in [-0.25, -0.2) is 0 Å². The Bertz CT molecular complexity index is 462. The molecule has 1 aromatic carbocycles. The van der Waals surface area contributed by atoms with Gasteiger partial charge in [0.2, 0.25) is 0 Å². The molecule has 1 aliphatic rings. The van der Waals surface area contributed by atoms with Crippen LogP contribution in [0.5, 0.6) is 0 Å². The molecule has 1 aliphatic carbocycles. The smallest absolute Gasteiger partial charge is 0.0495 e. The van der Waals surface area contributed by atoms with E-state index in [0.717, 1.165) is 10.4 Å². The molecule has 0 aromatic heterocycles. The van der Waals surface area contributed by atoms with Crippen molar-refractivity contribution >= 4 is 21.6 Å². The number of halogens is 1. The van der Waals surface area contributed by atoms with Crippen molar-refractivity contribution in [2.24, 2.45) is 17.1 Å². The topological polar surface area (TPSA) is 38.0 Å². The lowest BCUT2D eigenvalue weighted by molar-refractivity contribution is 0.124. The first kappa shape index (κ1) is 16.8. The van der Waals surface area contributed by atoms with Crippen LogP contribution < -0.4 is 11.1 Å². The van der Waals surface area contributed by atoms with E-state index in [4.69, 9.17) is 5.73 Å². The third-order valence-corrected chi connectivity index (χ3v) is 6.08. The highest BCUT2D eigenvalue weighted by Crippen LogP contribution is 2.44. The maximum absolute atomic E-state index is 6.14. The average Bonchev–Trinajstić information content (AvgIpc) is 2.48. The Hall–Kier alpha value is -0.540. The highest BCUT2D eigenvalue weighted by atomic mass is 79.9. The van der Waals surface area contributed by atoms with Gasteiger partial charge in [0.05, 0.1) is 0 Å². The molecule has 1 aromatic rings. The molecule has 0 amide bonds. The fourth-order valence-corrected chi connectivity index (χ4v) is 3.89. The second-order valence-corrected chi connectivity index (χ2v) is 8.15. The summed E-state index contributed by atoms with van der Waals surface area (Å²) in [7, 11) is 0. The molecule has 2 rings (SSSR count). The summed E-state index contributed by atoms with van der Waals surface area (Å²) in [6.07, 6.45) is 6.15. The van der Waals surface area contributed by atoms with E-state index in [1.54, 1.807) is 0 Å². The van der Waals surface area contributed by atoms with Crippen LogP contribution in [-0.2, 0) is 0 Å². The summed E-state index contributed by atoms with van der Waals surface area (Å²) < 4.78 is 1.11. The number of nitrogens with two attached hydrogens (primary N) is 1. The van der Waals surface area contributed by atoms with E-state index < -0.39 is 0 Å². The van der Waals surface area contributed by atoms with E-state index in [9.17, 15) is 0 Å². The fraction of sp³-hybridized carbons (Fsp3) is 0.667. The molecule has 2 nitrogen and oxygen atoms in total. The van der Waals surface area contributed by atoms with Crippen molar-refractivity contribution in [3.63, 3.8) is 0 Å². The van der Waals surface area contributed by atoms with Crippen molar-refractivity contribution in [2.45, 2.75) is 58.4 Å². The normalized spacial score (nSPS) is 26.6. The summed E-state index contributed by atoms with van der Waals surface area (Å²) in [5, 5.41) is 3.72. The van der Waals surface area contributed by atoms with E-state index >= 15 is 0 Å². The van der Waals surface area contributed by atoms with Gasteiger partial charge in [-0.3, -0.25) is 0 Å². The van der Waals surface area contributed by atoms with E-state index in [2.05, 4.69) is 66.3 Å². The Morgan fingerprint density at radius 3 is 2.52 bits per heavy atom. The average molecular weight is 353 g/mol. The van der Waals surface area contributed by atoms with Crippen molar-refractivity contribution in [3.8, 4) is 0 Å². The van der Waals surface area contributed by atoms with Crippen LogP contribution in [0.4, 0.5) is 5.69 Å². The highest BCUT2D eigenvalue weighted by molar-refractivity contribution is 9.10. The molecule has 0 unspecified atom stereocenters. The van der Waals surface area contributed by atoms with Crippen LogP contribution >= 0.6 is 15.9 Å². The van der Waals surface area contributed by atoms with Gasteiger partial charge in [0.25, 0.3) is 0 Å². The molecule has 118 valence electrons. The lowest BCUT2D eigenvalue weighted by atomic mass is 9.65. The predicted molar refractivity (Wildman–Crippen MR) is 95.6 cm³/mol. The third kappa shape index (κ3) is 4.01. The van der Waals surface area contributed by atoms with Gasteiger partial charge >= 0.3 is 0 Å². The Balaban J connectivity index is 2.05. The molecule has 0 radical (unpaired) electrons. The molecule has 0 bridgehead atoms. The maximum atomic E-state index is 6.14. The standard InChI is InChI=1S/C18H29BrN2/c1-4-17(2,3)14-8-10-18(13-20,11-9-14)21-16-7-5-6-15(19)12-16/h5-7,12,14,21H,4,8-11,13,20H2,1-3H3. The predicted octanol–water partition coefficient (Wildman–Crippen LogP) is 5.18. The van der Waals surface area contributed by atoms with Gasteiger partial charge < -0.3 is 11.1 Å². The summed E-state index contributed by atoms with van der Waals surface area (Å²) in [5.74, 6) is 0.825. The second kappa shape index (κ2) is 6.70. The minimum atomic E-state index is 0.0706. The molecule has 0 saturated heterocycles. The molecule has 0 heterocycles. The van der Waals surface area contributed by atoms with Gasteiger partial charge in [-0.15, -0.1) is 0 Å². The number of hydrogen-bond acceptors (Lipinski definition) is 2. The summed E-state index contributed by atoms with van der Waals surface area (Å²) in [6, 6.07) is 8.40. The summed E-state index contributed by atoms with van der Waals surface area (Å²) in [6.45, 7) is 7.84. The van der Waals surface area contributed by atoms with Crippen molar-refractivity contribution in [1.29, 1.82) is 0 Å². The zero-order chi connectivity index (χ0) is 15.5. The molecule has 1 fully saturated rings. The van der Waals surface area contributed by atoms with E-state index in [1.807, 2.05) is 0 Å². The van der Waals surface area contributed by atoms with Crippen molar-refractivity contribution < 1.29 is 0 Å². The highest BCUT2D eigenvalue weighted by Gasteiger charge is 2.38. The molecule has 3 heteroatoms. The van der Waals surface area contributed by atoms with Crippen molar-refractivity contribution in [3.05, 3.63) is 28.7 Å². The lowest BCUT2D eigenvalue weighted by Crippen LogP contribution is -2.49. The first-order chi connectivity index (χ1) is 9.91.